The van der Waals surface area contributed by atoms with Crippen molar-refractivity contribution >= 4 is 50.1 Å². The first-order valence-corrected chi connectivity index (χ1v) is 7.51. The zero-order valence-electron chi connectivity index (χ0n) is 11.1. The molecule has 1 amide bonds. The minimum Gasteiger partial charge on any atom is -0.422 e. The normalized spacial score (nSPS) is 10.6. The summed E-state index contributed by atoms with van der Waals surface area (Å²) in [6.07, 6.45) is 0. The smallest absolute Gasteiger partial charge is 0.349 e. The van der Waals surface area contributed by atoms with Gasteiger partial charge in [-0.1, -0.05) is 23.7 Å². The third-order valence-corrected chi connectivity index (χ3v) is 3.99. The molecule has 0 fully saturated rings. The lowest BCUT2D eigenvalue weighted by Crippen LogP contribution is -2.20. The Bertz CT molecular complexity index is 936. The standard InChI is InChI=1S/C16H9BrClNO3/c17-12-3-1-2-4-13(12)19-15(20)11-8-9-7-10(18)5-6-14(9)22-16(11)21/h1-8H,(H,19,20). The Morgan fingerprint density at radius 3 is 2.68 bits per heavy atom. The number of para-hydroxylation sites is 1. The van der Waals surface area contributed by atoms with Crippen molar-refractivity contribution in [3.05, 3.63) is 74.0 Å². The van der Waals surface area contributed by atoms with Gasteiger partial charge in [-0.2, -0.15) is 0 Å². The molecule has 6 heteroatoms. The van der Waals surface area contributed by atoms with Gasteiger partial charge >= 0.3 is 5.63 Å². The largest absolute Gasteiger partial charge is 0.422 e. The van der Waals surface area contributed by atoms with Crippen molar-refractivity contribution in [1.82, 2.24) is 0 Å². The van der Waals surface area contributed by atoms with E-state index in [4.69, 9.17) is 16.0 Å². The van der Waals surface area contributed by atoms with Crippen LogP contribution in [0.25, 0.3) is 11.0 Å². The Kier molecular flexibility index (Phi) is 4.00. The van der Waals surface area contributed by atoms with Gasteiger partial charge in [0, 0.05) is 14.9 Å². The highest BCUT2D eigenvalue weighted by atomic mass is 79.9. The summed E-state index contributed by atoms with van der Waals surface area (Å²) < 4.78 is 5.87. The van der Waals surface area contributed by atoms with Crippen LogP contribution in [0.3, 0.4) is 0 Å². The van der Waals surface area contributed by atoms with E-state index in [1.165, 1.54) is 6.07 Å². The molecule has 3 rings (SSSR count). The van der Waals surface area contributed by atoms with E-state index in [2.05, 4.69) is 21.2 Å². The van der Waals surface area contributed by atoms with E-state index in [-0.39, 0.29) is 5.56 Å². The maximum absolute atomic E-state index is 12.3. The zero-order valence-corrected chi connectivity index (χ0v) is 13.4. The molecule has 1 aromatic heterocycles. The summed E-state index contributed by atoms with van der Waals surface area (Å²) in [6, 6.07) is 13.4. The summed E-state index contributed by atoms with van der Waals surface area (Å²) in [5.41, 5.74) is 0.176. The molecule has 0 aliphatic carbocycles. The van der Waals surface area contributed by atoms with Gasteiger partial charge in [-0.25, -0.2) is 4.79 Å². The molecule has 110 valence electrons. The van der Waals surface area contributed by atoms with E-state index in [9.17, 15) is 9.59 Å². The Morgan fingerprint density at radius 1 is 1.14 bits per heavy atom. The van der Waals surface area contributed by atoms with E-state index in [1.54, 1.807) is 36.4 Å². The van der Waals surface area contributed by atoms with Crippen molar-refractivity contribution < 1.29 is 9.21 Å². The van der Waals surface area contributed by atoms with Crippen LogP contribution in [-0.4, -0.2) is 5.91 Å². The van der Waals surface area contributed by atoms with Gasteiger partial charge in [0.05, 0.1) is 5.69 Å². The van der Waals surface area contributed by atoms with E-state index in [0.29, 0.717) is 21.7 Å². The van der Waals surface area contributed by atoms with Gasteiger partial charge < -0.3 is 9.73 Å². The van der Waals surface area contributed by atoms with Gasteiger partial charge in [-0.15, -0.1) is 0 Å². The summed E-state index contributed by atoms with van der Waals surface area (Å²) in [5, 5.41) is 3.75. The molecule has 0 saturated carbocycles. The van der Waals surface area contributed by atoms with Crippen LogP contribution in [0.1, 0.15) is 10.4 Å². The van der Waals surface area contributed by atoms with Crippen LogP contribution in [0.2, 0.25) is 5.02 Å². The fourth-order valence-electron chi connectivity index (χ4n) is 2.00. The molecule has 4 nitrogen and oxygen atoms in total. The quantitative estimate of drug-likeness (QED) is 0.670. The number of rotatable bonds is 2. The van der Waals surface area contributed by atoms with Crippen molar-refractivity contribution in [2.45, 2.75) is 0 Å². The number of hydrogen-bond donors (Lipinski definition) is 1. The Hall–Kier alpha value is -2.11. The maximum Gasteiger partial charge on any atom is 0.349 e. The number of fused-ring (bicyclic) bond motifs is 1. The predicted octanol–water partition coefficient (Wildman–Crippen LogP) is 4.46. The second-order valence-corrected chi connectivity index (χ2v) is 5.85. The number of halogens is 2. The Morgan fingerprint density at radius 2 is 1.91 bits per heavy atom. The number of carbonyl (C=O) groups excluding carboxylic acids is 1. The monoisotopic (exact) mass is 377 g/mol. The topological polar surface area (TPSA) is 59.3 Å². The lowest BCUT2D eigenvalue weighted by atomic mass is 10.1. The third kappa shape index (κ3) is 2.91. The fraction of sp³-hybridized carbons (Fsp3) is 0. The zero-order chi connectivity index (χ0) is 15.7. The summed E-state index contributed by atoms with van der Waals surface area (Å²) >= 11 is 9.25. The summed E-state index contributed by atoms with van der Waals surface area (Å²) in [7, 11) is 0. The predicted molar refractivity (Wildman–Crippen MR) is 89.6 cm³/mol. The van der Waals surface area contributed by atoms with Crippen LogP contribution >= 0.6 is 27.5 Å². The molecule has 22 heavy (non-hydrogen) atoms. The van der Waals surface area contributed by atoms with Crippen LogP contribution < -0.4 is 10.9 Å². The molecule has 1 N–H and O–H groups in total. The lowest BCUT2D eigenvalue weighted by molar-refractivity contribution is 0.102. The first-order chi connectivity index (χ1) is 10.5. The van der Waals surface area contributed by atoms with E-state index < -0.39 is 11.5 Å². The molecule has 0 unspecified atom stereocenters. The van der Waals surface area contributed by atoms with Crippen LogP contribution in [-0.2, 0) is 0 Å². The average Bonchev–Trinajstić information content (AvgIpc) is 2.49. The van der Waals surface area contributed by atoms with Gasteiger partial charge in [-0.3, -0.25) is 4.79 Å². The van der Waals surface area contributed by atoms with Crippen LogP contribution in [0, 0.1) is 0 Å². The van der Waals surface area contributed by atoms with Gasteiger partial charge in [-0.05, 0) is 52.3 Å². The molecule has 0 atom stereocenters. The van der Waals surface area contributed by atoms with Crippen molar-refractivity contribution in [3.63, 3.8) is 0 Å². The lowest BCUT2D eigenvalue weighted by Gasteiger charge is -2.07. The molecule has 0 spiro atoms. The summed E-state index contributed by atoms with van der Waals surface area (Å²) in [4.78, 5) is 24.3. The highest BCUT2D eigenvalue weighted by Crippen LogP contribution is 2.23. The summed E-state index contributed by atoms with van der Waals surface area (Å²) in [5.74, 6) is -0.539. The van der Waals surface area contributed by atoms with Crippen molar-refractivity contribution in [3.8, 4) is 0 Å². The Labute approximate surface area is 138 Å². The van der Waals surface area contributed by atoms with Crippen molar-refractivity contribution in [2.24, 2.45) is 0 Å². The van der Waals surface area contributed by atoms with Gasteiger partial charge in [0.15, 0.2) is 0 Å². The first kappa shape index (κ1) is 14.8. The highest BCUT2D eigenvalue weighted by molar-refractivity contribution is 9.10. The molecule has 0 aliphatic heterocycles. The number of amides is 1. The number of benzene rings is 2. The van der Waals surface area contributed by atoms with Gasteiger partial charge in [0.2, 0.25) is 0 Å². The van der Waals surface area contributed by atoms with Crippen molar-refractivity contribution in [1.29, 1.82) is 0 Å². The van der Waals surface area contributed by atoms with E-state index in [1.807, 2.05) is 6.07 Å². The minimum atomic E-state index is -0.695. The van der Waals surface area contributed by atoms with Gasteiger partial charge in [0.25, 0.3) is 5.91 Å². The molecular formula is C16H9BrClNO3. The maximum atomic E-state index is 12.3. The Balaban J connectivity index is 2.02. The molecule has 3 aromatic rings. The minimum absolute atomic E-state index is 0.0782. The van der Waals surface area contributed by atoms with Gasteiger partial charge in [0.1, 0.15) is 11.1 Å². The third-order valence-electron chi connectivity index (χ3n) is 3.06. The molecule has 0 radical (unpaired) electrons. The average molecular weight is 379 g/mol. The summed E-state index contributed by atoms with van der Waals surface area (Å²) in [6.45, 7) is 0. The van der Waals surface area contributed by atoms with E-state index >= 15 is 0 Å². The molecule has 2 aromatic carbocycles. The fourth-order valence-corrected chi connectivity index (χ4v) is 2.57. The molecular weight excluding hydrogens is 370 g/mol. The van der Waals surface area contributed by atoms with E-state index in [0.717, 1.165) is 4.47 Å². The first-order valence-electron chi connectivity index (χ1n) is 6.34. The second-order valence-electron chi connectivity index (χ2n) is 4.56. The van der Waals surface area contributed by atoms with Crippen LogP contribution in [0.4, 0.5) is 5.69 Å². The number of anilines is 1. The van der Waals surface area contributed by atoms with Crippen LogP contribution in [0.15, 0.2) is 62.2 Å². The molecule has 0 aliphatic rings. The SMILES string of the molecule is O=C(Nc1ccccc1Br)c1cc2cc(Cl)ccc2oc1=O. The van der Waals surface area contributed by atoms with Crippen LogP contribution in [0.5, 0.6) is 0 Å². The molecule has 1 heterocycles. The van der Waals surface area contributed by atoms with Crippen molar-refractivity contribution in [2.75, 3.05) is 5.32 Å². The number of hydrogen-bond acceptors (Lipinski definition) is 3. The highest BCUT2D eigenvalue weighted by Gasteiger charge is 2.15. The number of nitrogens with one attached hydrogen (secondary N) is 1. The number of carbonyl (C=O) groups is 1. The molecule has 0 bridgehead atoms. The second kappa shape index (κ2) is 5.94. The molecule has 0 saturated heterocycles.